The van der Waals surface area contributed by atoms with Crippen molar-refractivity contribution in [3.63, 3.8) is 0 Å². The Labute approximate surface area is 235 Å². The fourth-order valence-corrected chi connectivity index (χ4v) is 2.41. The summed E-state index contributed by atoms with van der Waals surface area (Å²) in [6, 6.07) is 0. The molecular formula is C19H44BrClIN2NaO5. The van der Waals surface area contributed by atoms with Crippen molar-refractivity contribution in [2.45, 2.75) is 102 Å². The Balaban J connectivity index is -0.0000000636. The molecule has 30 heavy (non-hydrogen) atoms. The SMILES string of the molecule is Br.CCCCCC(=O)OC(=O)CCCCC.CCCCCC(I)C(=O)O.Cl.N.N.[NaH]. The summed E-state index contributed by atoms with van der Waals surface area (Å²) in [5.74, 6) is -1.42. The summed E-state index contributed by atoms with van der Waals surface area (Å²) in [7, 11) is 0. The van der Waals surface area contributed by atoms with Gasteiger partial charge in [0, 0.05) is 12.8 Å². The summed E-state index contributed by atoms with van der Waals surface area (Å²) >= 11 is 1.97. The average molecular weight is 646 g/mol. The molecule has 0 aromatic carbocycles. The summed E-state index contributed by atoms with van der Waals surface area (Å²) < 4.78 is 4.48. The van der Waals surface area contributed by atoms with E-state index < -0.39 is 5.97 Å². The van der Waals surface area contributed by atoms with Crippen LogP contribution in [0.3, 0.4) is 0 Å². The van der Waals surface area contributed by atoms with E-state index in [-0.39, 0.29) is 87.1 Å². The molecule has 0 saturated heterocycles. The van der Waals surface area contributed by atoms with Gasteiger partial charge >= 0.3 is 47.5 Å². The fourth-order valence-electron chi connectivity index (χ4n) is 1.96. The van der Waals surface area contributed by atoms with Crippen LogP contribution in [-0.2, 0) is 19.1 Å². The van der Waals surface area contributed by atoms with E-state index in [0.29, 0.717) is 12.8 Å². The van der Waals surface area contributed by atoms with Gasteiger partial charge in [0.05, 0.1) is 0 Å². The number of esters is 2. The molecule has 0 aliphatic rings. The zero-order valence-electron chi connectivity index (χ0n) is 18.3. The normalized spacial score (nSPS) is 9.33. The number of rotatable bonds is 13. The number of carbonyl (C=O) groups is 3. The number of halogens is 3. The van der Waals surface area contributed by atoms with Crippen molar-refractivity contribution in [2.75, 3.05) is 0 Å². The third-order valence-corrected chi connectivity index (χ3v) is 4.68. The van der Waals surface area contributed by atoms with Crippen LogP contribution in [-0.4, -0.2) is 56.5 Å². The van der Waals surface area contributed by atoms with Gasteiger partial charge in [-0.2, -0.15) is 0 Å². The van der Waals surface area contributed by atoms with Gasteiger partial charge in [-0.25, -0.2) is 0 Å². The van der Waals surface area contributed by atoms with E-state index in [9.17, 15) is 14.4 Å². The number of carboxylic acid groups (broad SMARTS) is 1. The van der Waals surface area contributed by atoms with Crippen LogP contribution < -0.4 is 12.3 Å². The van der Waals surface area contributed by atoms with Crippen LogP contribution in [0.2, 0.25) is 0 Å². The third kappa shape index (κ3) is 39.5. The molecule has 0 radical (unpaired) electrons. The van der Waals surface area contributed by atoms with Crippen molar-refractivity contribution in [2.24, 2.45) is 0 Å². The molecule has 7 N–H and O–H groups in total. The molecule has 1 atom stereocenters. The number of hydrogen-bond acceptors (Lipinski definition) is 6. The Bertz CT molecular complexity index is 367. The maximum absolute atomic E-state index is 11.1. The first kappa shape index (κ1) is 48.5. The van der Waals surface area contributed by atoms with Crippen LogP contribution in [0.25, 0.3) is 0 Å². The molecular weight excluding hydrogens is 601 g/mol. The van der Waals surface area contributed by atoms with E-state index in [0.717, 1.165) is 64.2 Å². The Hall–Kier alpha value is 1.03. The second kappa shape index (κ2) is 37.4. The molecule has 182 valence electrons. The van der Waals surface area contributed by atoms with E-state index in [1.165, 1.54) is 0 Å². The topological polar surface area (TPSA) is 151 Å². The molecule has 0 aromatic heterocycles. The second-order valence-corrected chi connectivity index (χ2v) is 7.57. The quantitative estimate of drug-likeness (QED) is 0.0528. The molecule has 1 unspecified atom stereocenters. The Kier molecular flexibility index (Phi) is 60.3. The van der Waals surface area contributed by atoms with Crippen molar-refractivity contribution in [1.82, 2.24) is 12.3 Å². The number of ether oxygens (including phenoxy) is 1. The number of alkyl halides is 1. The van der Waals surface area contributed by atoms with Crippen LogP contribution >= 0.6 is 52.0 Å². The van der Waals surface area contributed by atoms with Crippen molar-refractivity contribution in [1.29, 1.82) is 0 Å². The van der Waals surface area contributed by atoms with Crippen LogP contribution in [0.4, 0.5) is 0 Å². The minimum absolute atomic E-state index is 0. The summed E-state index contributed by atoms with van der Waals surface area (Å²) in [4.78, 5) is 32.5. The Morgan fingerprint density at radius 1 is 0.800 bits per heavy atom. The van der Waals surface area contributed by atoms with Gasteiger partial charge in [0.25, 0.3) is 0 Å². The monoisotopic (exact) mass is 644 g/mol. The molecule has 0 aliphatic heterocycles. The van der Waals surface area contributed by atoms with Crippen LogP contribution in [0.1, 0.15) is 97.8 Å². The molecule has 0 fully saturated rings. The van der Waals surface area contributed by atoms with E-state index in [4.69, 9.17) is 5.11 Å². The first-order chi connectivity index (χ1) is 11.9. The molecule has 0 aromatic rings. The molecule has 7 nitrogen and oxygen atoms in total. The standard InChI is InChI=1S/C12H22O3.C7H13IO2.BrH.ClH.2H3N.Na.H/c1-3-5-7-9-11(13)15-12(14)10-8-6-4-2;1-2-3-4-5-6(8)7(9)10;;;;;;/h3-10H2,1-2H3;6H,2-5H2,1H3,(H,9,10);2*1H;2*1H3;;. The number of aliphatic carboxylic acids is 1. The first-order valence-electron chi connectivity index (χ1n) is 9.49. The fraction of sp³-hybridized carbons (Fsp3) is 0.842. The van der Waals surface area contributed by atoms with Gasteiger partial charge in [0.15, 0.2) is 0 Å². The van der Waals surface area contributed by atoms with Crippen LogP contribution in [0.15, 0.2) is 0 Å². The average Bonchev–Trinajstić information content (AvgIpc) is 2.56. The zero-order valence-corrected chi connectivity index (χ0v) is 22.9. The minimum atomic E-state index is -0.684. The Morgan fingerprint density at radius 3 is 1.43 bits per heavy atom. The van der Waals surface area contributed by atoms with E-state index in [1.807, 2.05) is 22.6 Å². The molecule has 0 rings (SSSR count). The van der Waals surface area contributed by atoms with Gasteiger partial charge in [0.2, 0.25) is 0 Å². The number of carbonyl (C=O) groups excluding carboxylic acids is 2. The van der Waals surface area contributed by atoms with Crippen molar-refractivity contribution in [3.8, 4) is 0 Å². The second-order valence-electron chi connectivity index (χ2n) is 6.06. The van der Waals surface area contributed by atoms with Crippen LogP contribution in [0.5, 0.6) is 0 Å². The summed E-state index contributed by atoms with van der Waals surface area (Å²) in [6.45, 7) is 6.26. The summed E-state index contributed by atoms with van der Waals surface area (Å²) in [5, 5.41) is 8.47. The predicted octanol–water partition coefficient (Wildman–Crippen LogP) is 6.35. The molecule has 0 aliphatic carbocycles. The maximum atomic E-state index is 11.1. The van der Waals surface area contributed by atoms with E-state index in [2.05, 4.69) is 25.5 Å². The molecule has 0 spiro atoms. The zero-order chi connectivity index (χ0) is 19.5. The first-order valence-corrected chi connectivity index (χ1v) is 10.7. The van der Waals surface area contributed by atoms with Gasteiger partial charge in [-0.3, -0.25) is 14.4 Å². The molecule has 0 bridgehead atoms. The van der Waals surface area contributed by atoms with Crippen molar-refractivity contribution in [3.05, 3.63) is 0 Å². The van der Waals surface area contributed by atoms with Gasteiger partial charge in [-0.05, 0) is 19.3 Å². The summed E-state index contributed by atoms with van der Waals surface area (Å²) in [6.07, 6.45) is 10.7. The van der Waals surface area contributed by atoms with Crippen molar-refractivity contribution < 1.29 is 24.2 Å². The van der Waals surface area contributed by atoms with Crippen LogP contribution in [0, 0.1) is 0 Å². The molecule has 0 saturated carbocycles. The summed E-state index contributed by atoms with van der Waals surface area (Å²) in [5.41, 5.74) is 0. The third-order valence-electron chi connectivity index (χ3n) is 3.53. The number of carboxylic acids is 1. The van der Waals surface area contributed by atoms with E-state index >= 15 is 0 Å². The van der Waals surface area contributed by atoms with Gasteiger partial charge in [-0.1, -0.05) is 88.3 Å². The molecule has 0 heterocycles. The van der Waals surface area contributed by atoms with Gasteiger partial charge in [0.1, 0.15) is 3.92 Å². The molecule has 11 heteroatoms. The molecule has 0 amide bonds. The van der Waals surface area contributed by atoms with E-state index in [1.54, 1.807) is 0 Å². The predicted molar refractivity (Wildman–Crippen MR) is 144 cm³/mol. The van der Waals surface area contributed by atoms with Gasteiger partial charge < -0.3 is 22.1 Å². The number of unbranched alkanes of at least 4 members (excludes halogenated alkanes) is 6. The van der Waals surface area contributed by atoms with Gasteiger partial charge in [-0.15, -0.1) is 29.4 Å². The number of hydrogen-bond donors (Lipinski definition) is 3. The van der Waals surface area contributed by atoms with Crippen molar-refractivity contribution >= 4 is 99.4 Å². The Morgan fingerprint density at radius 2 is 1.13 bits per heavy atom.